The van der Waals surface area contributed by atoms with Gasteiger partial charge in [-0.1, -0.05) is 11.8 Å². The molecular weight excluding hydrogens is 240 g/mol. The third-order valence-electron chi connectivity index (χ3n) is 1.93. The Labute approximate surface area is 101 Å². The predicted molar refractivity (Wildman–Crippen MR) is 60.7 cm³/mol. The number of carbonyl (C=O) groups is 2. The van der Waals surface area contributed by atoms with E-state index < -0.39 is 16.8 Å². The van der Waals surface area contributed by atoms with Gasteiger partial charge >= 0.3 is 5.97 Å². The van der Waals surface area contributed by atoms with E-state index in [0.717, 1.165) is 18.2 Å². The third-order valence-corrected chi connectivity index (χ3v) is 1.93. The monoisotopic (exact) mass is 248 g/mol. The molecule has 0 heterocycles. The number of hydrogen-bond donors (Lipinski definition) is 2. The fraction of sp³-hybridized carbons (Fsp3) is 0.0909. The molecule has 1 amide bonds. The number of amides is 1. The van der Waals surface area contributed by atoms with E-state index in [0.29, 0.717) is 0 Å². The molecule has 0 unspecified atom stereocenters. The van der Waals surface area contributed by atoms with E-state index in [2.05, 4.69) is 11.8 Å². The molecule has 0 aliphatic carbocycles. The van der Waals surface area contributed by atoms with Gasteiger partial charge in [-0.25, -0.2) is 4.79 Å². The highest BCUT2D eigenvalue weighted by Crippen LogP contribution is 2.17. The number of nitro groups is 1. The Kier molecular flexibility index (Phi) is 3.99. The number of nitro benzene ring substituents is 1. The first-order valence-electron chi connectivity index (χ1n) is 4.70. The molecule has 0 aliphatic rings. The standard InChI is InChI=1S/C11H8N2O5/c12-10(14)3-1-2-7-6-8(13(17)18)4-5-9(7)11(15)16/h4-6H,3H2,(H2,12,14)(H,15,16). The Morgan fingerprint density at radius 2 is 2.11 bits per heavy atom. The van der Waals surface area contributed by atoms with Crippen molar-refractivity contribution in [1.82, 2.24) is 0 Å². The molecule has 1 aromatic rings. The molecule has 3 N–H and O–H groups in total. The molecule has 0 spiro atoms. The van der Waals surface area contributed by atoms with Gasteiger partial charge in [0.15, 0.2) is 0 Å². The van der Waals surface area contributed by atoms with Crippen LogP contribution in [0.4, 0.5) is 5.69 Å². The van der Waals surface area contributed by atoms with Crippen LogP contribution in [-0.2, 0) is 4.79 Å². The number of hydrogen-bond acceptors (Lipinski definition) is 4. The molecule has 7 nitrogen and oxygen atoms in total. The van der Waals surface area contributed by atoms with Gasteiger partial charge in [0.1, 0.15) is 0 Å². The number of primary amides is 1. The minimum atomic E-state index is -1.26. The number of carboxylic acids is 1. The molecule has 0 atom stereocenters. The number of carboxylic acid groups (broad SMARTS) is 1. The summed E-state index contributed by atoms with van der Waals surface area (Å²) in [6.07, 6.45) is -0.248. The van der Waals surface area contributed by atoms with Crippen LogP contribution in [0, 0.1) is 22.0 Å². The largest absolute Gasteiger partial charge is 0.478 e. The van der Waals surface area contributed by atoms with Crippen molar-refractivity contribution in [3.05, 3.63) is 39.4 Å². The van der Waals surface area contributed by atoms with Gasteiger partial charge in [0.25, 0.3) is 5.69 Å². The van der Waals surface area contributed by atoms with Crippen molar-refractivity contribution in [2.45, 2.75) is 6.42 Å². The number of aromatic carboxylic acids is 1. The Bertz CT molecular complexity index is 583. The lowest BCUT2D eigenvalue weighted by molar-refractivity contribution is -0.384. The summed E-state index contributed by atoms with van der Waals surface area (Å²) in [6, 6.07) is 3.20. The van der Waals surface area contributed by atoms with E-state index in [-0.39, 0.29) is 23.2 Å². The Morgan fingerprint density at radius 1 is 1.44 bits per heavy atom. The zero-order valence-electron chi connectivity index (χ0n) is 9.04. The Hall–Kier alpha value is -2.88. The van der Waals surface area contributed by atoms with Crippen molar-refractivity contribution in [1.29, 1.82) is 0 Å². The second-order valence-corrected chi connectivity index (χ2v) is 3.24. The molecule has 0 saturated heterocycles. The summed E-state index contributed by atoms with van der Waals surface area (Å²) in [5, 5.41) is 19.4. The van der Waals surface area contributed by atoms with Crippen molar-refractivity contribution in [2.24, 2.45) is 5.73 Å². The number of carbonyl (C=O) groups excluding carboxylic acids is 1. The van der Waals surface area contributed by atoms with Crippen LogP contribution in [0.25, 0.3) is 0 Å². The maximum Gasteiger partial charge on any atom is 0.336 e. The number of nitrogens with two attached hydrogens (primary N) is 1. The van der Waals surface area contributed by atoms with Crippen molar-refractivity contribution in [3.63, 3.8) is 0 Å². The van der Waals surface area contributed by atoms with Crippen LogP contribution in [0.15, 0.2) is 18.2 Å². The van der Waals surface area contributed by atoms with E-state index in [9.17, 15) is 19.7 Å². The van der Waals surface area contributed by atoms with Crippen LogP contribution in [0.2, 0.25) is 0 Å². The van der Waals surface area contributed by atoms with Gasteiger partial charge in [-0.05, 0) is 6.07 Å². The Balaban J connectivity index is 3.22. The lowest BCUT2D eigenvalue weighted by atomic mass is 10.1. The molecule has 7 heteroatoms. The van der Waals surface area contributed by atoms with Gasteiger partial charge in [0.05, 0.1) is 16.9 Å². The van der Waals surface area contributed by atoms with E-state index in [1.165, 1.54) is 0 Å². The molecule has 1 aromatic carbocycles. The van der Waals surface area contributed by atoms with Crippen molar-refractivity contribution in [3.8, 4) is 11.8 Å². The highest BCUT2D eigenvalue weighted by molar-refractivity contribution is 5.91. The molecule has 0 fully saturated rings. The number of rotatable bonds is 3. The highest BCUT2D eigenvalue weighted by Gasteiger charge is 2.13. The summed E-state index contributed by atoms with van der Waals surface area (Å²) in [6.45, 7) is 0. The number of non-ortho nitro benzene ring substituents is 1. The molecule has 0 saturated carbocycles. The molecule has 0 aliphatic heterocycles. The van der Waals surface area contributed by atoms with Gasteiger partial charge < -0.3 is 10.8 Å². The normalized spacial score (nSPS) is 9.11. The molecule has 0 bridgehead atoms. The summed E-state index contributed by atoms with van der Waals surface area (Å²) in [7, 11) is 0. The first-order valence-corrected chi connectivity index (χ1v) is 4.70. The zero-order chi connectivity index (χ0) is 13.7. The van der Waals surface area contributed by atoms with Crippen LogP contribution >= 0.6 is 0 Å². The molecule has 92 valence electrons. The summed E-state index contributed by atoms with van der Waals surface area (Å²) < 4.78 is 0. The van der Waals surface area contributed by atoms with Gasteiger partial charge in [-0.3, -0.25) is 14.9 Å². The van der Waals surface area contributed by atoms with Crippen LogP contribution in [0.1, 0.15) is 22.3 Å². The molecule has 1 rings (SSSR count). The summed E-state index contributed by atoms with van der Waals surface area (Å²) in [4.78, 5) is 31.2. The average Bonchev–Trinajstić information content (AvgIpc) is 2.27. The van der Waals surface area contributed by atoms with Crippen molar-refractivity contribution >= 4 is 17.6 Å². The molecule has 0 aromatic heterocycles. The van der Waals surface area contributed by atoms with E-state index in [4.69, 9.17) is 10.8 Å². The van der Waals surface area contributed by atoms with Crippen LogP contribution in [0.5, 0.6) is 0 Å². The van der Waals surface area contributed by atoms with Crippen molar-refractivity contribution in [2.75, 3.05) is 0 Å². The summed E-state index contributed by atoms with van der Waals surface area (Å²) >= 11 is 0. The summed E-state index contributed by atoms with van der Waals surface area (Å²) in [5.41, 5.74) is 4.39. The fourth-order valence-electron chi connectivity index (χ4n) is 1.16. The fourth-order valence-corrected chi connectivity index (χ4v) is 1.16. The molecule has 0 radical (unpaired) electrons. The first kappa shape index (κ1) is 13.2. The summed E-state index contributed by atoms with van der Waals surface area (Å²) in [5.74, 6) is 2.82. The zero-order valence-corrected chi connectivity index (χ0v) is 9.04. The molecular formula is C11H8N2O5. The smallest absolute Gasteiger partial charge is 0.336 e. The van der Waals surface area contributed by atoms with E-state index >= 15 is 0 Å². The Morgan fingerprint density at radius 3 is 2.61 bits per heavy atom. The van der Waals surface area contributed by atoms with Crippen molar-refractivity contribution < 1.29 is 19.6 Å². The quantitative estimate of drug-likeness (QED) is 0.458. The maximum absolute atomic E-state index is 10.9. The lowest BCUT2D eigenvalue weighted by Gasteiger charge is -1.98. The minimum Gasteiger partial charge on any atom is -0.478 e. The third kappa shape index (κ3) is 3.31. The van der Waals surface area contributed by atoms with E-state index in [1.807, 2.05) is 0 Å². The second kappa shape index (κ2) is 5.45. The average molecular weight is 248 g/mol. The predicted octanol–water partition coefficient (Wildman–Crippen LogP) is 0.520. The van der Waals surface area contributed by atoms with E-state index in [1.54, 1.807) is 0 Å². The van der Waals surface area contributed by atoms with Crippen LogP contribution in [0.3, 0.4) is 0 Å². The second-order valence-electron chi connectivity index (χ2n) is 3.24. The topological polar surface area (TPSA) is 124 Å². The van der Waals surface area contributed by atoms with Crippen LogP contribution < -0.4 is 5.73 Å². The number of benzene rings is 1. The van der Waals surface area contributed by atoms with Gasteiger partial charge in [-0.15, -0.1) is 0 Å². The van der Waals surface area contributed by atoms with Gasteiger partial charge in [0.2, 0.25) is 5.91 Å². The van der Waals surface area contributed by atoms with Crippen LogP contribution in [-0.4, -0.2) is 21.9 Å². The number of nitrogens with zero attached hydrogens (tertiary/aromatic N) is 1. The highest BCUT2D eigenvalue weighted by atomic mass is 16.6. The maximum atomic E-state index is 10.9. The lowest BCUT2D eigenvalue weighted by Crippen LogP contribution is -2.08. The van der Waals surface area contributed by atoms with Gasteiger partial charge in [-0.2, -0.15) is 0 Å². The SMILES string of the molecule is NC(=O)CC#Cc1cc([N+](=O)[O-])ccc1C(=O)O. The van der Waals surface area contributed by atoms with Gasteiger partial charge in [0, 0.05) is 17.7 Å². The minimum absolute atomic E-state index is 0.0297. The first-order chi connectivity index (χ1) is 8.41. The molecule has 18 heavy (non-hydrogen) atoms.